The smallest absolute Gasteiger partial charge is 0.00601 e. The van der Waals surface area contributed by atoms with Gasteiger partial charge in [-0.25, -0.2) is 0 Å². The maximum absolute atomic E-state index is 7.17. The number of rotatable bonds is 4. The highest BCUT2D eigenvalue weighted by Gasteiger charge is 2.14. The fourth-order valence-electron chi connectivity index (χ4n) is 1.60. The number of hydrogen-bond donors (Lipinski definition) is 1. The largest absolute Gasteiger partial charge is 0.313 e. The molecular formula is C9H18N2. The third-order valence-corrected chi connectivity index (χ3v) is 2.45. The van der Waals surface area contributed by atoms with Crippen LogP contribution in [0.5, 0.6) is 0 Å². The van der Waals surface area contributed by atoms with Crippen molar-refractivity contribution in [1.29, 1.82) is 5.41 Å². The van der Waals surface area contributed by atoms with Gasteiger partial charge in [0.1, 0.15) is 0 Å². The number of nitrogens with zero attached hydrogens (tertiary/aromatic N) is 1. The molecule has 0 spiro atoms. The fraction of sp³-hybridized carbons (Fsp3) is 0.889. The van der Waals surface area contributed by atoms with Gasteiger partial charge in [-0.3, -0.25) is 0 Å². The van der Waals surface area contributed by atoms with E-state index in [1.807, 2.05) is 0 Å². The van der Waals surface area contributed by atoms with E-state index in [4.69, 9.17) is 5.41 Å². The minimum Gasteiger partial charge on any atom is -0.313 e. The van der Waals surface area contributed by atoms with E-state index < -0.39 is 0 Å². The number of likely N-dealkylation sites (tertiary alicyclic amines) is 1. The molecule has 0 saturated carbocycles. The average molecular weight is 154 g/mol. The molecular weight excluding hydrogens is 136 g/mol. The molecule has 0 aromatic carbocycles. The first-order valence-electron chi connectivity index (χ1n) is 4.59. The van der Waals surface area contributed by atoms with E-state index in [0.29, 0.717) is 5.92 Å². The van der Waals surface area contributed by atoms with Gasteiger partial charge in [0.05, 0.1) is 0 Å². The molecule has 0 aliphatic carbocycles. The van der Waals surface area contributed by atoms with Crippen LogP contribution >= 0.6 is 0 Å². The molecule has 11 heavy (non-hydrogen) atoms. The summed E-state index contributed by atoms with van der Waals surface area (Å²) >= 11 is 0. The molecule has 2 nitrogen and oxygen atoms in total. The Morgan fingerprint density at radius 3 is 2.55 bits per heavy atom. The lowest BCUT2D eigenvalue weighted by Gasteiger charge is -2.18. The lowest BCUT2D eigenvalue weighted by molar-refractivity contribution is 0.309. The zero-order valence-corrected chi connectivity index (χ0v) is 7.34. The molecule has 2 heteroatoms. The van der Waals surface area contributed by atoms with Gasteiger partial charge in [-0.2, -0.15) is 0 Å². The molecule has 0 bridgehead atoms. The van der Waals surface area contributed by atoms with Gasteiger partial charge in [0.15, 0.2) is 0 Å². The van der Waals surface area contributed by atoms with E-state index >= 15 is 0 Å². The highest BCUT2D eigenvalue weighted by Crippen LogP contribution is 2.10. The van der Waals surface area contributed by atoms with Gasteiger partial charge in [0.2, 0.25) is 0 Å². The quantitative estimate of drug-likeness (QED) is 0.614. The molecule has 64 valence electrons. The van der Waals surface area contributed by atoms with Crippen LogP contribution in [0.15, 0.2) is 0 Å². The standard InChI is InChI=1S/C9H18N2/c1-2-9(7-10)8-11-5-3-4-6-11/h7,9-10H,2-6,8H2,1H3. The van der Waals surface area contributed by atoms with Gasteiger partial charge in [-0.05, 0) is 38.6 Å². The Morgan fingerprint density at radius 1 is 1.45 bits per heavy atom. The lowest BCUT2D eigenvalue weighted by Crippen LogP contribution is -2.26. The molecule has 1 aliphatic heterocycles. The molecule has 1 heterocycles. The summed E-state index contributed by atoms with van der Waals surface area (Å²) in [5.74, 6) is 0.494. The van der Waals surface area contributed by atoms with Crippen LogP contribution in [0.1, 0.15) is 26.2 Å². The second kappa shape index (κ2) is 4.50. The van der Waals surface area contributed by atoms with Gasteiger partial charge >= 0.3 is 0 Å². The normalized spacial score (nSPS) is 21.9. The van der Waals surface area contributed by atoms with Crippen LogP contribution in [-0.2, 0) is 0 Å². The SMILES string of the molecule is CCC(C=N)CN1CCCC1. The molecule has 1 N–H and O–H groups in total. The van der Waals surface area contributed by atoms with E-state index in [9.17, 15) is 0 Å². The first-order valence-corrected chi connectivity index (χ1v) is 4.59. The van der Waals surface area contributed by atoms with Crippen molar-refractivity contribution in [2.75, 3.05) is 19.6 Å². The van der Waals surface area contributed by atoms with Crippen LogP contribution in [0, 0.1) is 11.3 Å². The van der Waals surface area contributed by atoms with Gasteiger partial charge in [-0.15, -0.1) is 0 Å². The summed E-state index contributed by atoms with van der Waals surface area (Å²) in [6, 6.07) is 0. The monoisotopic (exact) mass is 154 g/mol. The number of nitrogens with one attached hydrogen (secondary N) is 1. The Bertz CT molecular complexity index is 117. The third-order valence-electron chi connectivity index (χ3n) is 2.45. The van der Waals surface area contributed by atoms with Crippen molar-refractivity contribution in [2.45, 2.75) is 26.2 Å². The fourth-order valence-corrected chi connectivity index (χ4v) is 1.60. The summed E-state index contributed by atoms with van der Waals surface area (Å²) in [5.41, 5.74) is 0. The van der Waals surface area contributed by atoms with Crippen molar-refractivity contribution in [2.24, 2.45) is 5.92 Å². The highest BCUT2D eigenvalue weighted by atomic mass is 15.1. The van der Waals surface area contributed by atoms with Gasteiger partial charge in [0.25, 0.3) is 0 Å². The maximum atomic E-state index is 7.17. The first-order chi connectivity index (χ1) is 5.36. The van der Waals surface area contributed by atoms with E-state index in [2.05, 4.69) is 11.8 Å². The van der Waals surface area contributed by atoms with Gasteiger partial charge in [-0.1, -0.05) is 6.92 Å². The summed E-state index contributed by atoms with van der Waals surface area (Å²) in [6.45, 7) is 5.78. The van der Waals surface area contributed by atoms with Crippen molar-refractivity contribution >= 4 is 6.21 Å². The van der Waals surface area contributed by atoms with Crippen LogP contribution in [-0.4, -0.2) is 30.7 Å². The molecule has 0 amide bonds. The molecule has 0 radical (unpaired) electrons. The van der Waals surface area contributed by atoms with Crippen LogP contribution in [0.25, 0.3) is 0 Å². The predicted octanol–water partition coefficient (Wildman–Crippen LogP) is 1.76. The van der Waals surface area contributed by atoms with Crippen LogP contribution in [0.3, 0.4) is 0 Å². The zero-order valence-electron chi connectivity index (χ0n) is 7.34. The predicted molar refractivity (Wildman–Crippen MR) is 48.2 cm³/mol. The summed E-state index contributed by atoms with van der Waals surface area (Å²) in [4.78, 5) is 2.47. The Labute approximate surface area is 69.1 Å². The van der Waals surface area contributed by atoms with Crippen molar-refractivity contribution in [3.8, 4) is 0 Å². The van der Waals surface area contributed by atoms with Crippen molar-refractivity contribution < 1.29 is 0 Å². The lowest BCUT2D eigenvalue weighted by atomic mass is 10.1. The van der Waals surface area contributed by atoms with Crippen LogP contribution in [0.4, 0.5) is 0 Å². The second-order valence-electron chi connectivity index (χ2n) is 3.34. The van der Waals surface area contributed by atoms with Crippen LogP contribution < -0.4 is 0 Å². The Morgan fingerprint density at radius 2 is 2.09 bits per heavy atom. The first kappa shape index (κ1) is 8.72. The Balaban J connectivity index is 2.21. The Hall–Kier alpha value is -0.370. The van der Waals surface area contributed by atoms with E-state index in [0.717, 1.165) is 13.0 Å². The summed E-state index contributed by atoms with van der Waals surface area (Å²) in [6.07, 6.45) is 5.42. The number of hydrogen-bond acceptors (Lipinski definition) is 2. The minimum absolute atomic E-state index is 0.494. The molecule has 0 aromatic heterocycles. The minimum atomic E-state index is 0.494. The van der Waals surface area contributed by atoms with Gasteiger partial charge in [0, 0.05) is 12.5 Å². The van der Waals surface area contributed by atoms with Crippen molar-refractivity contribution in [1.82, 2.24) is 4.90 Å². The average Bonchev–Trinajstić information content (AvgIpc) is 2.52. The van der Waals surface area contributed by atoms with E-state index in [1.54, 1.807) is 6.21 Å². The van der Waals surface area contributed by atoms with Crippen molar-refractivity contribution in [3.05, 3.63) is 0 Å². The molecule has 1 saturated heterocycles. The Kier molecular flexibility index (Phi) is 3.57. The van der Waals surface area contributed by atoms with E-state index in [1.165, 1.54) is 25.9 Å². The van der Waals surface area contributed by atoms with Crippen molar-refractivity contribution in [3.63, 3.8) is 0 Å². The van der Waals surface area contributed by atoms with Gasteiger partial charge < -0.3 is 10.3 Å². The maximum Gasteiger partial charge on any atom is 0.00601 e. The van der Waals surface area contributed by atoms with Crippen LogP contribution in [0.2, 0.25) is 0 Å². The highest BCUT2D eigenvalue weighted by molar-refractivity contribution is 5.56. The third kappa shape index (κ3) is 2.62. The van der Waals surface area contributed by atoms with E-state index in [-0.39, 0.29) is 0 Å². The molecule has 0 aromatic rings. The second-order valence-corrected chi connectivity index (χ2v) is 3.34. The molecule has 1 aliphatic rings. The summed E-state index contributed by atoms with van der Waals surface area (Å²) in [5, 5.41) is 7.17. The summed E-state index contributed by atoms with van der Waals surface area (Å²) in [7, 11) is 0. The zero-order chi connectivity index (χ0) is 8.10. The molecule has 1 rings (SSSR count). The molecule has 1 fully saturated rings. The topological polar surface area (TPSA) is 27.1 Å². The molecule has 1 atom stereocenters. The molecule has 1 unspecified atom stereocenters. The summed E-state index contributed by atoms with van der Waals surface area (Å²) < 4.78 is 0.